The average Bonchev–Trinajstić information content (AvgIpc) is 3.33. The third-order valence-corrected chi connectivity index (χ3v) is 8.64. The predicted molar refractivity (Wildman–Crippen MR) is 131 cm³/mol. The van der Waals surface area contributed by atoms with E-state index in [0.29, 0.717) is 25.4 Å². The lowest BCUT2D eigenvalue weighted by atomic mass is 9.69. The van der Waals surface area contributed by atoms with Crippen molar-refractivity contribution in [2.45, 2.75) is 46.6 Å². The van der Waals surface area contributed by atoms with Gasteiger partial charge in [0.15, 0.2) is 0 Å². The molecule has 0 radical (unpaired) electrons. The molecule has 3 aliphatic rings. The molecular weight excluding hydrogens is 480 g/mol. The van der Waals surface area contributed by atoms with Gasteiger partial charge >= 0.3 is 0 Å². The predicted octanol–water partition coefficient (Wildman–Crippen LogP) is 4.63. The van der Waals surface area contributed by atoms with Gasteiger partial charge in [0.25, 0.3) is 0 Å². The van der Waals surface area contributed by atoms with Crippen LogP contribution in [0.2, 0.25) is 0 Å². The number of allylic oxidation sites excluding steroid dienone is 2. The highest BCUT2D eigenvalue weighted by atomic mass is 79.9. The van der Waals surface area contributed by atoms with E-state index in [2.05, 4.69) is 50.7 Å². The molecule has 1 heterocycles. The number of anilines is 1. The maximum Gasteiger partial charge on any atom is 0.228 e. The second kappa shape index (κ2) is 8.12. The summed E-state index contributed by atoms with van der Waals surface area (Å²) in [6, 6.07) is 9.71. The quantitative estimate of drug-likeness (QED) is 0.533. The lowest BCUT2D eigenvalue weighted by Gasteiger charge is -2.38. The van der Waals surface area contributed by atoms with E-state index in [9.17, 15) is 9.59 Å². The van der Waals surface area contributed by atoms with Crippen LogP contribution in [-0.4, -0.2) is 28.1 Å². The first-order valence-electron chi connectivity index (χ1n) is 11.8. The lowest BCUT2D eigenvalue weighted by molar-refractivity contribution is -0.126. The third-order valence-electron chi connectivity index (χ3n) is 8.12. The van der Waals surface area contributed by atoms with Gasteiger partial charge in [-0.3, -0.25) is 14.3 Å². The van der Waals surface area contributed by atoms with Gasteiger partial charge in [0.1, 0.15) is 0 Å². The maximum absolute atomic E-state index is 13.5. The molecule has 0 saturated heterocycles. The van der Waals surface area contributed by atoms with Crippen LogP contribution < -0.4 is 10.6 Å². The van der Waals surface area contributed by atoms with E-state index in [4.69, 9.17) is 0 Å². The molecule has 1 aromatic carbocycles. The average molecular weight is 511 g/mol. The molecule has 2 bridgehead atoms. The number of hydrogen-bond donors (Lipinski definition) is 2. The van der Waals surface area contributed by atoms with Crippen LogP contribution >= 0.6 is 15.9 Å². The van der Waals surface area contributed by atoms with Crippen molar-refractivity contribution in [2.24, 2.45) is 28.6 Å². The minimum atomic E-state index is -0.302. The Morgan fingerprint density at radius 2 is 1.91 bits per heavy atom. The van der Waals surface area contributed by atoms with Crippen molar-refractivity contribution < 1.29 is 9.59 Å². The number of hydrogen-bond acceptors (Lipinski definition) is 3. The number of carbonyl (C=O) groups is 2. The Hall–Kier alpha value is -2.41. The summed E-state index contributed by atoms with van der Waals surface area (Å²) in [6.45, 7) is 7.22. The Morgan fingerprint density at radius 3 is 2.55 bits per heavy atom. The molecule has 33 heavy (non-hydrogen) atoms. The zero-order valence-corrected chi connectivity index (χ0v) is 21.0. The number of aryl methyl sites for hydroxylation is 3. The van der Waals surface area contributed by atoms with Crippen molar-refractivity contribution in [2.75, 3.05) is 11.9 Å². The number of rotatable bonds is 7. The van der Waals surface area contributed by atoms with E-state index in [0.717, 1.165) is 21.5 Å². The lowest BCUT2D eigenvalue weighted by Crippen LogP contribution is -2.47. The van der Waals surface area contributed by atoms with E-state index < -0.39 is 0 Å². The fourth-order valence-corrected chi connectivity index (χ4v) is 6.72. The van der Waals surface area contributed by atoms with Gasteiger partial charge in [-0.25, -0.2) is 0 Å². The number of benzene rings is 1. The van der Waals surface area contributed by atoms with E-state index >= 15 is 0 Å². The van der Waals surface area contributed by atoms with Gasteiger partial charge < -0.3 is 10.6 Å². The van der Waals surface area contributed by atoms with Gasteiger partial charge in [-0.05, 0) is 74.3 Å². The van der Waals surface area contributed by atoms with Gasteiger partial charge in [-0.2, -0.15) is 5.10 Å². The summed E-state index contributed by atoms with van der Waals surface area (Å²) in [5.41, 5.74) is 2.74. The van der Waals surface area contributed by atoms with Crippen molar-refractivity contribution in [3.63, 3.8) is 0 Å². The Kier molecular flexibility index (Phi) is 5.51. The number of nitrogens with zero attached hydrogens (tertiary/aromatic N) is 2. The van der Waals surface area contributed by atoms with E-state index in [1.165, 1.54) is 12.8 Å². The van der Waals surface area contributed by atoms with Crippen LogP contribution in [0, 0.1) is 42.4 Å². The molecule has 2 N–H and O–H groups in total. The highest BCUT2D eigenvalue weighted by Crippen LogP contribution is 2.75. The van der Waals surface area contributed by atoms with Crippen LogP contribution in [-0.2, 0) is 16.1 Å². The molecule has 5 rings (SSSR count). The fraction of sp³-hybridized carbons (Fsp3) is 0.500. The SMILES string of the molecule is Cc1cc(C)n(CCC(=O)NCC2(C)C(C(=O)Nc3ccc(Br)cc3)C3C=CC2C32CC2)n1. The number of aromatic nitrogens is 2. The Bertz CT molecular complexity index is 1120. The molecule has 4 atom stereocenters. The summed E-state index contributed by atoms with van der Waals surface area (Å²) in [7, 11) is 0. The highest BCUT2D eigenvalue weighted by Gasteiger charge is 2.72. The molecule has 4 unspecified atom stereocenters. The van der Waals surface area contributed by atoms with Crippen LogP contribution in [0.4, 0.5) is 5.69 Å². The molecule has 1 aromatic heterocycles. The molecule has 7 heteroatoms. The van der Waals surface area contributed by atoms with Crippen molar-refractivity contribution in [3.05, 3.63) is 58.3 Å². The van der Waals surface area contributed by atoms with Gasteiger partial charge in [0.05, 0.1) is 11.6 Å². The molecule has 3 aliphatic carbocycles. The zero-order chi connectivity index (χ0) is 23.4. The van der Waals surface area contributed by atoms with Crippen LogP contribution in [0.3, 0.4) is 0 Å². The second-order valence-corrected chi connectivity index (χ2v) is 11.2. The Balaban J connectivity index is 1.28. The minimum Gasteiger partial charge on any atom is -0.355 e. The van der Waals surface area contributed by atoms with Gasteiger partial charge in [0.2, 0.25) is 11.8 Å². The first kappa shape index (κ1) is 22.4. The van der Waals surface area contributed by atoms with Crippen molar-refractivity contribution in [3.8, 4) is 0 Å². The van der Waals surface area contributed by atoms with Gasteiger partial charge in [-0.15, -0.1) is 0 Å². The fourth-order valence-electron chi connectivity index (χ4n) is 6.46. The summed E-state index contributed by atoms with van der Waals surface area (Å²) < 4.78 is 2.86. The van der Waals surface area contributed by atoms with E-state index in [1.54, 1.807) is 0 Å². The van der Waals surface area contributed by atoms with Crippen molar-refractivity contribution >= 4 is 33.4 Å². The summed E-state index contributed by atoms with van der Waals surface area (Å²) in [5, 5.41) is 10.8. The third kappa shape index (κ3) is 3.84. The molecule has 0 aliphatic heterocycles. The molecular formula is C26H31BrN4O2. The van der Waals surface area contributed by atoms with Crippen molar-refractivity contribution in [1.29, 1.82) is 0 Å². The number of nitrogens with one attached hydrogen (secondary N) is 2. The zero-order valence-electron chi connectivity index (χ0n) is 19.4. The Labute approximate surface area is 203 Å². The Morgan fingerprint density at radius 1 is 1.18 bits per heavy atom. The first-order chi connectivity index (χ1) is 15.7. The van der Waals surface area contributed by atoms with Crippen LogP contribution in [0.25, 0.3) is 0 Å². The topological polar surface area (TPSA) is 76.0 Å². The number of carbonyl (C=O) groups excluding carboxylic acids is 2. The van der Waals surface area contributed by atoms with Crippen molar-refractivity contribution in [1.82, 2.24) is 15.1 Å². The summed E-state index contributed by atoms with van der Waals surface area (Å²) in [6.07, 6.45) is 7.28. The standard InChI is InChI=1S/C26H31BrN4O2/c1-16-14-17(2)31(30-16)13-10-22(32)28-15-25(3)21-9-8-20(26(21)11-12-26)23(25)24(33)29-19-6-4-18(27)5-7-19/h4-9,14,20-21,23H,10-13,15H2,1-3H3,(H,28,32)(H,29,33). The minimum absolute atomic E-state index is 0.00689. The molecule has 2 fully saturated rings. The highest BCUT2D eigenvalue weighted by molar-refractivity contribution is 9.10. The summed E-state index contributed by atoms with van der Waals surface area (Å²) in [5.74, 6) is 0.476. The molecule has 2 amide bonds. The summed E-state index contributed by atoms with van der Waals surface area (Å²) in [4.78, 5) is 26.3. The molecule has 1 spiro atoms. The second-order valence-electron chi connectivity index (χ2n) is 10.3. The largest absolute Gasteiger partial charge is 0.355 e. The maximum atomic E-state index is 13.5. The monoisotopic (exact) mass is 510 g/mol. The normalized spacial score (nSPS) is 28.3. The van der Waals surface area contributed by atoms with Gasteiger partial charge in [-0.1, -0.05) is 35.0 Å². The van der Waals surface area contributed by atoms with E-state index in [-0.39, 0.29) is 34.5 Å². The first-order valence-corrected chi connectivity index (χ1v) is 12.5. The molecule has 6 nitrogen and oxygen atoms in total. The molecule has 2 saturated carbocycles. The number of amides is 2. The smallest absolute Gasteiger partial charge is 0.228 e. The van der Waals surface area contributed by atoms with Crippen LogP contribution in [0.5, 0.6) is 0 Å². The number of halogens is 1. The molecule has 174 valence electrons. The van der Waals surface area contributed by atoms with E-state index in [1.807, 2.05) is 48.9 Å². The van der Waals surface area contributed by atoms with Gasteiger partial charge in [0, 0.05) is 40.8 Å². The van der Waals surface area contributed by atoms with Crippen LogP contribution in [0.1, 0.15) is 37.6 Å². The molecule has 2 aromatic rings. The van der Waals surface area contributed by atoms with Crippen LogP contribution in [0.15, 0.2) is 47.0 Å². The summed E-state index contributed by atoms with van der Waals surface area (Å²) >= 11 is 3.44.